The summed E-state index contributed by atoms with van der Waals surface area (Å²) in [5, 5.41) is 9.57. The van der Waals surface area contributed by atoms with E-state index in [1.807, 2.05) is 30.3 Å². The molecule has 6 heteroatoms. The molecule has 26 heavy (non-hydrogen) atoms. The Morgan fingerprint density at radius 2 is 1.77 bits per heavy atom. The summed E-state index contributed by atoms with van der Waals surface area (Å²) in [6.45, 7) is 1.27. The maximum Gasteiger partial charge on any atom is 0.308 e. The largest absolute Gasteiger partial charge is 0.481 e. The van der Waals surface area contributed by atoms with E-state index in [0.29, 0.717) is 19.5 Å². The fourth-order valence-corrected chi connectivity index (χ4v) is 3.94. The third-order valence-corrected chi connectivity index (χ3v) is 5.46. The number of carbonyl (C=O) groups excluding carboxylic acids is 2. The predicted molar refractivity (Wildman–Crippen MR) is 96.6 cm³/mol. The average molecular weight is 358 g/mol. The van der Waals surface area contributed by atoms with Crippen molar-refractivity contribution in [3.05, 3.63) is 35.9 Å². The Labute approximate surface area is 153 Å². The van der Waals surface area contributed by atoms with Crippen LogP contribution in [0.4, 0.5) is 0 Å². The van der Waals surface area contributed by atoms with Crippen molar-refractivity contribution >= 4 is 17.8 Å². The Morgan fingerprint density at radius 1 is 1.04 bits per heavy atom. The van der Waals surface area contributed by atoms with Crippen molar-refractivity contribution in [2.45, 2.75) is 38.0 Å². The number of carbonyl (C=O) groups is 3. The second-order valence-electron chi connectivity index (χ2n) is 7.24. The molecule has 0 unspecified atom stereocenters. The lowest BCUT2D eigenvalue weighted by Gasteiger charge is -2.26. The first-order valence-corrected chi connectivity index (χ1v) is 9.39. The van der Waals surface area contributed by atoms with Gasteiger partial charge in [0.05, 0.1) is 12.5 Å². The molecule has 0 aliphatic carbocycles. The van der Waals surface area contributed by atoms with Crippen LogP contribution in [0.2, 0.25) is 0 Å². The highest BCUT2D eigenvalue weighted by Crippen LogP contribution is 2.33. The molecule has 2 amide bonds. The van der Waals surface area contributed by atoms with Crippen LogP contribution in [0.3, 0.4) is 0 Å². The summed E-state index contributed by atoms with van der Waals surface area (Å²) in [7, 11) is 0. The normalized spacial score (nSPS) is 24.2. The van der Waals surface area contributed by atoms with Gasteiger partial charge in [0.2, 0.25) is 11.8 Å². The van der Waals surface area contributed by atoms with Gasteiger partial charge in [-0.1, -0.05) is 43.2 Å². The molecule has 0 bridgehead atoms. The maximum absolute atomic E-state index is 12.7. The number of rotatable bonds is 4. The first kappa shape index (κ1) is 18.4. The number of hydrogen-bond acceptors (Lipinski definition) is 3. The zero-order valence-electron chi connectivity index (χ0n) is 15.0. The van der Waals surface area contributed by atoms with Crippen LogP contribution < -0.4 is 0 Å². The first-order chi connectivity index (χ1) is 12.6. The molecule has 0 aromatic heterocycles. The minimum absolute atomic E-state index is 0.0339. The van der Waals surface area contributed by atoms with E-state index in [0.717, 1.165) is 31.2 Å². The van der Waals surface area contributed by atoms with Crippen LogP contribution in [0.5, 0.6) is 0 Å². The SMILES string of the molecule is O=C(O)[C@@H]1CN(C(=O)CN2CCCCCCC2=O)C[C@@H]1c1ccccc1. The number of nitrogens with zero attached hydrogens (tertiary/aromatic N) is 2. The van der Waals surface area contributed by atoms with Gasteiger partial charge >= 0.3 is 5.97 Å². The molecule has 0 spiro atoms. The summed E-state index contributed by atoms with van der Waals surface area (Å²) in [6, 6.07) is 9.49. The third kappa shape index (κ3) is 4.23. The van der Waals surface area contributed by atoms with Crippen LogP contribution in [-0.4, -0.2) is 58.9 Å². The fraction of sp³-hybridized carbons (Fsp3) is 0.550. The lowest BCUT2D eigenvalue weighted by Crippen LogP contribution is -2.43. The highest BCUT2D eigenvalue weighted by Gasteiger charge is 2.40. The van der Waals surface area contributed by atoms with Gasteiger partial charge in [-0.2, -0.15) is 0 Å². The Balaban J connectivity index is 1.67. The van der Waals surface area contributed by atoms with E-state index in [1.54, 1.807) is 9.80 Å². The van der Waals surface area contributed by atoms with E-state index >= 15 is 0 Å². The topological polar surface area (TPSA) is 77.9 Å². The number of hydrogen-bond donors (Lipinski definition) is 1. The molecule has 2 aliphatic rings. The molecule has 1 aromatic carbocycles. The minimum Gasteiger partial charge on any atom is -0.481 e. The molecular weight excluding hydrogens is 332 g/mol. The number of benzene rings is 1. The molecule has 6 nitrogen and oxygen atoms in total. The van der Waals surface area contributed by atoms with E-state index in [-0.39, 0.29) is 30.8 Å². The molecule has 3 rings (SSSR count). The summed E-state index contributed by atoms with van der Waals surface area (Å²) in [5.41, 5.74) is 0.942. The molecule has 1 aromatic rings. The molecule has 2 aliphatic heterocycles. The predicted octanol–water partition coefficient (Wildman–Crippen LogP) is 2.11. The average Bonchev–Trinajstić information content (AvgIpc) is 3.08. The van der Waals surface area contributed by atoms with Gasteiger partial charge < -0.3 is 14.9 Å². The van der Waals surface area contributed by atoms with E-state index in [1.165, 1.54) is 0 Å². The van der Waals surface area contributed by atoms with Crippen molar-refractivity contribution in [3.63, 3.8) is 0 Å². The van der Waals surface area contributed by atoms with Crippen LogP contribution in [-0.2, 0) is 14.4 Å². The molecule has 140 valence electrons. The first-order valence-electron chi connectivity index (χ1n) is 9.39. The van der Waals surface area contributed by atoms with Crippen molar-refractivity contribution < 1.29 is 19.5 Å². The highest BCUT2D eigenvalue weighted by molar-refractivity contribution is 5.86. The number of carboxylic acids is 1. The van der Waals surface area contributed by atoms with E-state index in [4.69, 9.17) is 0 Å². The number of amides is 2. The molecule has 0 radical (unpaired) electrons. The van der Waals surface area contributed by atoms with Gasteiger partial charge in [-0.3, -0.25) is 14.4 Å². The van der Waals surface area contributed by atoms with Gasteiger partial charge in [0, 0.05) is 32.0 Å². The minimum atomic E-state index is -0.878. The van der Waals surface area contributed by atoms with Crippen LogP contribution >= 0.6 is 0 Å². The van der Waals surface area contributed by atoms with Gasteiger partial charge in [0.1, 0.15) is 0 Å². The Bertz CT molecular complexity index is 661. The number of carboxylic acid groups (broad SMARTS) is 1. The van der Waals surface area contributed by atoms with Crippen LogP contribution in [0.15, 0.2) is 30.3 Å². The zero-order chi connectivity index (χ0) is 18.5. The molecule has 0 saturated carbocycles. The van der Waals surface area contributed by atoms with Crippen molar-refractivity contribution in [3.8, 4) is 0 Å². The van der Waals surface area contributed by atoms with Gasteiger partial charge in [-0.15, -0.1) is 0 Å². The lowest BCUT2D eigenvalue weighted by atomic mass is 9.89. The number of aliphatic carboxylic acids is 1. The van der Waals surface area contributed by atoms with Gasteiger partial charge in [-0.25, -0.2) is 0 Å². The van der Waals surface area contributed by atoms with Crippen LogP contribution in [0.1, 0.15) is 43.6 Å². The molecule has 2 fully saturated rings. The van der Waals surface area contributed by atoms with Crippen molar-refractivity contribution in [2.24, 2.45) is 5.92 Å². The van der Waals surface area contributed by atoms with Crippen molar-refractivity contribution in [1.82, 2.24) is 9.80 Å². The maximum atomic E-state index is 12.7. The van der Waals surface area contributed by atoms with E-state index < -0.39 is 11.9 Å². The number of likely N-dealkylation sites (tertiary alicyclic amines) is 2. The van der Waals surface area contributed by atoms with Crippen molar-refractivity contribution in [1.29, 1.82) is 0 Å². The smallest absolute Gasteiger partial charge is 0.308 e. The molecule has 1 N–H and O–H groups in total. The van der Waals surface area contributed by atoms with Crippen LogP contribution in [0.25, 0.3) is 0 Å². The summed E-state index contributed by atoms with van der Waals surface area (Å²) >= 11 is 0. The Kier molecular flexibility index (Phi) is 5.91. The van der Waals surface area contributed by atoms with Gasteiger partial charge in [0.25, 0.3) is 0 Å². The molecule has 2 heterocycles. The monoisotopic (exact) mass is 358 g/mol. The quantitative estimate of drug-likeness (QED) is 0.894. The second-order valence-corrected chi connectivity index (χ2v) is 7.24. The van der Waals surface area contributed by atoms with Gasteiger partial charge in [-0.05, 0) is 18.4 Å². The summed E-state index contributed by atoms with van der Waals surface area (Å²) in [5.74, 6) is -1.81. The van der Waals surface area contributed by atoms with E-state index in [9.17, 15) is 19.5 Å². The summed E-state index contributed by atoms with van der Waals surface area (Å²) < 4.78 is 0. The lowest BCUT2D eigenvalue weighted by molar-refractivity contribution is -0.143. The van der Waals surface area contributed by atoms with Gasteiger partial charge in [0.15, 0.2) is 0 Å². The third-order valence-electron chi connectivity index (χ3n) is 5.46. The van der Waals surface area contributed by atoms with Crippen molar-refractivity contribution in [2.75, 3.05) is 26.2 Å². The standard InChI is InChI=1S/C20H26N2O4/c23-18-10-6-1-2-7-11-21(18)14-19(24)22-12-16(17(13-22)20(25)26)15-8-4-3-5-9-15/h3-5,8-9,16-17H,1-2,6-7,10-14H2,(H,25,26)/t16-,17-/m1/s1. The second kappa shape index (κ2) is 8.34. The summed E-state index contributed by atoms with van der Waals surface area (Å²) in [4.78, 5) is 39.9. The van der Waals surface area contributed by atoms with Crippen LogP contribution in [0, 0.1) is 5.92 Å². The molecular formula is C20H26N2O4. The summed E-state index contributed by atoms with van der Waals surface area (Å²) in [6.07, 6.45) is 4.45. The molecule has 2 saturated heterocycles. The van der Waals surface area contributed by atoms with E-state index in [2.05, 4.69) is 0 Å². The fourth-order valence-electron chi connectivity index (χ4n) is 3.94. The zero-order valence-corrected chi connectivity index (χ0v) is 15.0. The Morgan fingerprint density at radius 3 is 2.50 bits per heavy atom. The Hall–Kier alpha value is -2.37. The highest BCUT2D eigenvalue weighted by atomic mass is 16.4. The molecule has 2 atom stereocenters.